The van der Waals surface area contributed by atoms with Crippen LogP contribution in [-0.4, -0.2) is 50.6 Å². The van der Waals surface area contributed by atoms with Gasteiger partial charge in [-0.1, -0.05) is 6.42 Å². The van der Waals surface area contributed by atoms with Gasteiger partial charge in [0.2, 0.25) is 5.91 Å². The molecule has 1 amide bonds. The molecule has 0 heterocycles. The second-order valence-electron chi connectivity index (χ2n) is 4.03. The van der Waals surface area contributed by atoms with Crippen LogP contribution in [0, 0.1) is 0 Å². The van der Waals surface area contributed by atoms with Crippen molar-refractivity contribution in [3.63, 3.8) is 0 Å². The van der Waals surface area contributed by atoms with Crippen molar-refractivity contribution >= 4 is 11.9 Å². The quantitative estimate of drug-likeness (QED) is 0.481. The van der Waals surface area contributed by atoms with Crippen molar-refractivity contribution in [1.29, 1.82) is 0 Å². The topological polar surface area (TPSA) is 58.6 Å². The number of unbranched alkanes of at least 4 members (excludes halogenated alkanes) is 2. The molecule has 0 aliphatic rings. The number of hydrogen-bond acceptors (Lipinski definition) is 4. The van der Waals surface area contributed by atoms with E-state index in [2.05, 4.69) is 5.32 Å². The van der Waals surface area contributed by atoms with Crippen molar-refractivity contribution in [2.45, 2.75) is 32.6 Å². The number of carbonyl (C=O) groups excluding carboxylic acids is 2. The fourth-order valence-corrected chi connectivity index (χ4v) is 1.46. The highest BCUT2D eigenvalue weighted by molar-refractivity contribution is 5.77. The highest BCUT2D eigenvalue weighted by atomic mass is 16.5. The molecule has 5 nitrogen and oxygen atoms in total. The van der Waals surface area contributed by atoms with E-state index in [0.717, 1.165) is 25.8 Å². The average Bonchev–Trinajstić information content (AvgIpc) is 2.28. The summed E-state index contributed by atoms with van der Waals surface area (Å²) >= 11 is 0. The first-order valence-corrected chi connectivity index (χ1v) is 6.14. The first-order chi connectivity index (χ1) is 8.10. The molecule has 0 saturated heterocycles. The summed E-state index contributed by atoms with van der Waals surface area (Å²) in [6, 6.07) is 0. The van der Waals surface area contributed by atoms with Crippen LogP contribution in [0.3, 0.4) is 0 Å². The van der Waals surface area contributed by atoms with Gasteiger partial charge in [-0.25, -0.2) is 0 Å². The van der Waals surface area contributed by atoms with Gasteiger partial charge in [-0.15, -0.1) is 0 Å². The minimum absolute atomic E-state index is 0.0269. The highest BCUT2D eigenvalue weighted by Gasteiger charge is 2.04. The van der Waals surface area contributed by atoms with E-state index in [9.17, 15) is 9.59 Å². The van der Waals surface area contributed by atoms with Gasteiger partial charge in [0.15, 0.2) is 0 Å². The zero-order valence-corrected chi connectivity index (χ0v) is 11.1. The number of amides is 1. The van der Waals surface area contributed by atoms with E-state index in [-0.39, 0.29) is 11.9 Å². The minimum atomic E-state index is -0.119. The van der Waals surface area contributed by atoms with Gasteiger partial charge < -0.3 is 10.1 Å². The van der Waals surface area contributed by atoms with Crippen LogP contribution in [0.15, 0.2) is 0 Å². The van der Waals surface area contributed by atoms with Crippen molar-refractivity contribution in [3.05, 3.63) is 0 Å². The Hall–Kier alpha value is -1.10. The summed E-state index contributed by atoms with van der Waals surface area (Å²) in [7, 11) is 3.55. The number of nitrogens with zero attached hydrogens (tertiary/aromatic N) is 1. The van der Waals surface area contributed by atoms with Crippen LogP contribution in [0.1, 0.15) is 32.6 Å². The molecule has 17 heavy (non-hydrogen) atoms. The van der Waals surface area contributed by atoms with Crippen molar-refractivity contribution < 1.29 is 14.3 Å². The first-order valence-electron chi connectivity index (χ1n) is 6.14. The van der Waals surface area contributed by atoms with Gasteiger partial charge in [-0.05, 0) is 33.4 Å². The Bertz CT molecular complexity index is 232. The van der Waals surface area contributed by atoms with Crippen LogP contribution < -0.4 is 5.32 Å². The van der Waals surface area contributed by atoms with Crippen molar-refractivity contribution in [3.8, 4) is 0 Å². The molecule has 0 rings (SSSR count). The summed E-state index contributed by atoms with van der Waals surface area (Å²) in [6.45, 7) is 3.56. The fraction of sp³-hybridized carbons (Fsp3) is 0.833. The van der Waals surface area contributed by atoms with Crippen LogP contribution in [0.2, 0.25) is 0 Å². The second-order valence-corrected chi connectivity index (χ2v) is 4.03. The SMILES string of the molecule is CCOC(=O)CCCCCN(C)CC(=O)NC. The van der Waals surface area contributed by atoms with Crippen LogP contribution in [0.25, 0.3) is 0 Å². The molecule has 100 valence electrons. The Balaban J connectivity index is 3.39. The van der Waals surface area contributed by atoms with E-state index in [0.29, 0.717) is 19.6 Å². The molecule has 0 unspecified atom stereocenters. The molecule has 0 aromatic rings. The number of rotatable bonds is 9. The monoisotopic (exact) mass is 244 g/mol. The lowest BCUT2D eigenvalue weighted by atomic mass is 10.2. The van der Waals surface area contributed by atoms with E-state index in [4.69, 9.17) is 4.74 Å². The fourth-order valence-electron chi connectivity index (χ4n) is 1.46. The van der Waals surface area contributed by atoms with Gasteiger partial charge in [0.25, 0.3) is 0 Å². The second kappa shape index (κ2) is 10.1. The highest BCUT2D eigenvalue weighted by Crippen LogP contribution is 2.02. The summed E-state index contributed by atoms with van der Waals surface area (Å²) in [5, 5.41) is 2.58. The van der Waals surface area contributed by atoms with Gasteiger partial charge in [0, 0.05) is 13.5 Å². The molecule has 0 atom stereocenters. The van der Waals surface area contributed by atoms with Gasteiger partial charge >= 0.3 is 5.97 Å². The van der Waals surface area contributed by atoms with Gasteiger partial charge in [-0.2, -0.15) is 0 Å². The first kappa shape index (κ1) is 15.9. The van der Waals surface area contributed by atoms with Gasteiger partial charge in [-0.3, -0.25) is 14.5 Å². The van der Waals surface area contributed by atoms with Crippen molar-refractivity contribution in [2.75, 3.05) is 33.8 Å². The molecule has 0 bridgehead atoms. The summed E-state index contributed by atoms with van der Waals surface area (Å²) in [5.41, 5.74) is 0. The van der Waals surface area contributed by atoms with Crippen LogP contribution in [-0.2, 0) is 14.3 Å². The third-order valence-electron chi connectivity index (χ3n) is 2.42. The van der Waals surface area contributed by atoms with Gasteiger partial charge in [0.1, 0.15) is 0 Å². The Labute approximate surface area is 103 Å². The Morgan fingerprint density at radius 1 is 1.24 bits per heavy atom. The molecule has 0 aliphatic carbocycles. The zero-order chi connectivity index (χ0) is 13.1. The normalized spacial score (nSPS) is 10.4. The molecule has 0 aliphatic heterocycles. The molecule has 0 aromatic heterocycles. The Kier molecular flexibility index (Phi) is 9.43. The predicted octanol–water partition coefficient (Wildman–Crippen LogP) is 0.788. The predicted molar refractivity (Wildman–Crippen MR) is 66.7 cm³/mol. The summed E-state index contributed by atoms with van der Waals surface area (Å²) in [6.07, 6.45) is 3.32. The molecular weight excluding hydrogens is 220 g/mol. The molecule has 0 spiro atoms. The summed E-state index contributed by atoms with van der Waals surface area (Å²) in [5.74, 6) is -0.0924. The number of nitrogens with one attached hydrogen (secondary N) is 1. The zero-order valence-electron chi connectivity index (χ0n) is 11.1. The van der Waals surface area contributed by atoms with Crippen LogP contribution >= 0.6 is 0 Å². The van der Waals surface area contributed by atoms with E-state index in [1.807, 2.05) is 18.9 Å². The number of ether oxygens (including phenoxy) is 1. The molecular formula is C12H24N2O3. The van der Waals surface area contributed by atoms with Crippen LogP contribution in [0.5, 0.6) is 0 Å². The van der Waals surface area contributed by atoms with E-state index in [1.165, 1.54) is 0 Å². The maximum Gasteiger partial charge on any atom is 0.305 e. The molecule has 0 fully saturated rings. The molecule has 0 radical (unpaired) electrons. The van der Waals surface area contributed by atoms with E-state index >= 15 is 0 Å². The Morgan fingerprint density at radius 3 is 2.53 bits per heavy atom. The largest absolute Gasteiger partial charge is 0.466 e. The maximum atomic E-state index is 11.1. The Morgan fingerprint density at radius 2 is 1.94 bits per heavy atom. The number of likely N-dealkylation sites (N-methyl/N-ethyl adjacent to an activating group) is 2. The van der Waals surface area contributed by atoms with E-state index < -0.39 is 0 Å². The van der Waals surface area contributed by atoms with Gasteiger partial charge in [0.05, 0.1) is 13.2 Å². The lowest BCUT2D eigenvalue weighted by Gasteiger charge is -2.14. The maximum absolute atomic E-state index is 11.1. The van der Waals surface area contributed by atoms with Crippen molar-refractivity contribution in [2.24, 2.45) is 0 Å². The third-order valence-corrected chi connectivity index (χ3v) is 2.42. The smallest absolute Gasteiger partial charge is 0.305 e. The third kappa shape index (κ3) is 9.81. The number of carbonyl (C=O) groups is 2. The molecule has 0 aromatic carbocycles. The number of hydrogen-bond donors (Lipinski definition) is 1. The van der Waals surface area contributed by atoms with Crippen molar-refractivity contribution in [1.82, 2.24) is 10.2 Å². The summed E-state index contributed by atoms with van der Waals surface area (Å²) < 4.78 is 4.83. The molecule has 0 saturated carbocycles. The summed E-state index contributed by atoms with van der Waals surface area (Å²) in [4.78, 5) is 24.1. The standard InChI is InChI=1S/C12H24N2O3/c1-4-17-12(16)8-6-5-7-9-14(3)10-11(15)13-2/h4-10H2,1-3H3,(H,13,15). The lowest BCUT2D eigenvalue weighted by Crippen LogP contribution is -2.33. The number of esters is 1. The minimum Gasteiger partial charge on any atom is -0.466 e. The van der Waals surface area contributed by atoms with E-state index in [1.54, 1.807) is 7.05 Å². The average molecular weight is 244 g/mol. The molecule has 1 N–H and O–H groups in total. The lowest BCUT2D eigenvalue weighted by molar-refractivity contribution is -0.143. The van der Waals surface area contributed by atoms with Crippen LogP contribution in [0.4, 0.5) is 0 Å². The molecule has 5 heteroatoms.